The molecule has 3 rings (SSSR count). The lowest BCUT2D eigenvalue weighted by Gasteiger charge is -2.18. The Balaban J connectivity index is 1.82. The third-order valence-corrected chi connectivity index (χ3v) is 5.59. The Labute approximate surface area is 135 Å². The summed E-state index contributed by atoms with van der Waals surface area (Å²) in [4.78, 5) is 13.0. The topological polar surface area (TPSA) is 64.4 Å². The first-order valence-corrected chi connectivity index (χ1v) is 8.53. The molecule has 2 aromatic rings. The fourth-order valence-electron chi connectivity index (χ4n) is 2.60. The van der Waals surface area contributed by atoms with Crippen molar-refractivity contribution in [1.29, 1.82) is 0 Å². The van der Waals surface area contributed by atoms with Crippen molar-refractivity contribution in [3.8, 4) is 0 Å². The molecule has 1 fully saturated rings. The molecule has 2 unspecified atom stereocenters. The number of nitrogens with two attached hydrogens (primary N) is 1. The van der Waals surface area contributed by atoms with E-state index in [1.165, 1.54) is 11.3 Å². The largest absolute Gasteiger partial charge is 0.397 e. The smallest absolute Gasteiger partial charge is 0.263 e. The third kappa shape index (κ3) is 2.93. The number of nitrogens with one attached hydrogen (secondary N) is 1. The number of carbonyl (C=O) groups is 1. The maximum atomic E-state index is 12.5. The summed E-state index contributed by atoms with van der Waals surface area (Å²) >= 11 is 4.87. The molecule has 2 heterocycles. The van der Waals surface area contributed by atoms with Gasteiger partial charge in [0.25, 0.3) is 5.91 Å². The second-order valence-corrected chi connectivity index (χ2v) is 7.34. The Morgan fingerprint density at radius 2 is 2.38 bits per heavy atom. The van der Waals surface area contributed by atoms with Gasteiger partial charge in [0, 0.05) is 33.1 Å². The van der Waals surface area contributed by atoms with Gasteiger partial charge in [-0.3, -0.25) is 4.79 Å². The fourth-order valence-corrected chi connectivity index (χ4v) is 4.17. The highest BCUT2D eigenvalue weighted by Gasteiger charge is 2.25. The lowest BCUT2D eigenvalue weighted by atomic mass is 10.0. The fraction of sp³-hybridized carbons (Fsp3) is 0.400. The molecule has 3 N–H and O–H groups in total. The summed E-state index contributed by atoms with van der Waals surface area (Å²) in [5.41, 5.74) is 6.69. The maximum absolute atomic E-state index is 12.5. The van der Waals surface area contributed by atoms with E-state index in [-0.39, 0.29) is 11.9 Å². The van der Waals surface area contributed by atoms with Crippen molar-refractivity contribution < 1.29 is 9.53 Å². The van der Waals surface area contributed by atoms with Crippen molar-refractivity contribution in [3.63, 3.8) is 0 Å². The number of fused-ring (bicyclic) bond motifs is 1. The second kappa shape index (κ2) is 5.94. The standard InChI is InChI=1S/C15H17BrN2O2S/c1-8(9-4-5-20-7-9)18-15(19)14-13(17)11-3-2-10(16)6-12(11)21-14/h2-3,6,8-9H,4-5,7,17H2,1H3,(H,18,19). The number of halogens is 1. The van der Waals surface area contributed by atoms with Gasteiger partial charge in [0.2, 0.25) is 0 Å². The second-order valence-electron chi connectivity index (χ2n) is 5.37. The number of amides is 1. The van der Waals surface area contributed by atoms with Gasteiger partial charge in [-0.25, -0.2) is 0 Å². The van der Waals surface area contributed by atoms with Crippen molar-refractivity contribution in [2.45, 2.75) is 19.4 Å². The molecule has 0 radical (unpaired) electrons. The van der Waals surface area contributed by atoms with Crippen LogP contribution in [0.3, 0.4) is 0 Å². The molecular weight excluding hydrogens is 352 g/mol. The number of carbonyl (C=O) groups excluding carboxylic acids is 1. The van der Waals surface area contributed by atoms with Gasteiger partial charge in [0.1, 0.15) is 4.88 Å². The normalized spacial score (nSPS) is 19.8. The van der Waals surface area contributed by atoms with Crippen LogP contribution in [0.2, 0.25) is 0 Å². The quantitative estimate of drug-likeness (QED) is 0.872. The van der Waals surface area contributed by atoms with E-state index in [1.54, 1.807) is 0 Å². The summed E-state index contributed by atoms with van der Waals surface area (Å²) < 4.78 is 7.38. The highest BCUT2D eigenvalue weighted by Crippen LogP contribution is 2.35. The van der Waals surface area contributed by atoms with Crippen LogP contribution >= 0.6 is 27.3 Å². The highest BCUT2D eigenvalue weighted by atomic mass is 79.9. The molecule has 21 heavy (non-hydrogen) atoms. The van der Waals surface area contributed by atoms with Crippen molar-refractivity contribution in [1.82, 2.24) is 5.32 Å². The molecule has 0 saturated carbocycles. The summed E-state index contributed by atoms with van der Waals surface area (Å²) in [6.07, 6.45) is 0.996. The van der Waals surface area contributed by atoms with E-state index in [0.717, 1.165) is 34.2 Å². The monoisotopic (exact) mass is 368 g/mol. The summed E-state index contributed by atoms with van der Waals surface area (Å²) in [6.45, 7) is 3.53. The number of hydrogen-bond acceptors (Lipinski definition) is 4. The molecule has 0 bridgehead atoms. The Morgan fingerprint density at radius 3 is 3.10 bits per heavy atom. The van der Waals surface area contributed by atoms with Crippen molar-refractivity contribution in [3.05, 3.63) is 27.5 Å². The van der Waals surface area contributed by atoms with E-state index in [1.807, 2.05) is 25.1 Å². The van der Waals surface area contributed by atoms with Crippen LogP contribution in [0.5, 0.6) is 0 Å². The molecule has 1 amide bonds. The van der Waals surface area contributed by atoms with Crippen LogP contribution in [0.1, 0.15) is 23.0 Å². The van der Waals surface area contributed by atoms with Gasteiger partial charge in [0.15, 0.2) is 0 Å². The minimum absolute atomic E-state index is 0.0933. The van der Waals surface area contributed by atoms with Crippen LogP contribution in [0.4, 0.5) is 5.69 Å². The zero-order chi connectivity index (χ0) is 15.0. The van der Waals surface area contributed by atoms with Crippen molar-refractivity contribution in [2.24, 2.45) is 5.92 Å². The SMILES string of the molecule is CC(NC(=O)c1sc2cc(Br)ccc2c1N)C1CCOC1. The molecule has 1 aliphatic rings. The molecule has 1 aromatic heterocycles. The molecule has 0 aliphatic carbocycles. The molecule has 6 heteroatoms. The number of rotatable bonds is 3. The van der Waals surface area contributed by atoms with E-state index >= 15 is 0 Å². The summed E-state index contributed by atoms with van der Waals surface area (Å²) in [7, 11) is 0. The lowest BCUT2D eigenvalue weighted by Crippen LogP contribution is -2.38. The molecule has 112 valence electrons. The predicted molar refractivity (Wildman–Crippen MR) is 89.8 cm³/mol. The number of ether oxygens (including phenoxy) is 1. The minimum Gasteiger partial charge on any atom is -0.397 e. The van der Waals surface area contributed by atoms with Crippen LogP contribution in [0, 0.1) is 5.92 Å². The highest BCUT2D eigenvalue weighted by molar-refractivity contribution is 9.10. The van der Waals surface area contributed by atoms with Crippen LogP contribution in [0.25, 0.3) is 10.1 Å². The summed E-state index contributed by atoms with van der Waals surface area (Å²) in [5, 5.41) is 3.99. The molecule has 0 spiro atoms. The predicted octanol–water partition coefficient (Wildman–Crippen LogP) is 3.40. The molecular formula is C15H17BrN2O2S. The first kappa shape index (κ1) is 14.8. The Kier molecular flexibility index (Phi) is 4.19. The summed E-state index contributed by atoms with van der Waals surface area (Å²) in [5.74, 6) is 0.294. The van der Waals surface area contributed by atoms with E-state index < -0.39 is 0 Å². The van der Waals surface area contributed by atoms with Gasteiger partial charge < -0.3 is 15.8 Å². The third-order valence-electron chi connectivity index (χ3n) is 3.93. The van der Waals surface area contributed by atoms with Crippen LogP contribution < -0.4 is 11.1 Å². The molecule has 2 atom stereocenters. The molecule has 1 saturated heterocycles. The number of hydrogen-bond donors (Lipinski definition) is 2. The Morgan fingerprint density at radius 1 is 1.57 bits per heavy atom. The minimum atomic E-state index is -0.0933. The Hall–Kier alpha value is -1.11. The van der Waals surface area contributed by atoms with E-state index in [4.69, 9.17) is 10.5 Å². The molecule has 1 aromatic carbocycles. The number of anilines is 1. The first-order valence-electron chi connectivity index (χ1n) is 6.92. The van der Waals surface area contributed by atoms with Crippen LogP contribution in [-0.4, -0.2) is 25.2 Å². The van der Waals surface area contributed by atoms with Crippen LogP contribution in [0.15, 0.2) is 22.7 Å². The average molecular weight is 369 g/mol. The lowest BCUT2D eigenvalue weighted by molar-refractivity contribution is 0.0927. The number of thiophene rings is 1. The average Bonchev–Trinajstić information content (AvgIpc) is 3.07. The summed E-state index contributed by atoms with van der Waals surface area (Å²) in [6, 6.07) is 5.96. The maximum Gasteiger partial charge on any atom is 0.263 e. The molecule has 4 nitrogen and oxygen atoms in total. The van der Waals surface area contributed by atoms with Gasteiger partial charge in [-0.05, 0) is 25.5 Å². The zero-order valence-electron chi connectivity index (χ0n) is 11.7. The van der Waals surface area contributed by atoms with Gasteiger partial charge in [-0.2, -0.15) is 0 Å². The van der Waals surface area contributed by atoms with Gasteiger partial charge in [-0.1, -0.05) is 22.0 Å². The van der Waals surface area contributed by atoms with Crippen molar-refractivity contribution in [2.75, 3.05) is 18.9 Å². The molecule has 1 aliphatic heterocycles. The Bertz CT molecular complexity index is 680. The van der Waals surface area contributed by atoms with Gasteiger partial charge >= 0.3 is 0 Å². The van der Waals surface area contributed by atoms with E-state index in [9.17, 15) is 4.79 Å². The van der Waals surface area contributed by atoms with Crippen LogP contribution in [-0.2, 0) is 4.74 Å². The van der Waals surface area contributed by atoms with Gasteiger partial charge in [-0.15, -0.1) is 11.3 Å². The number of nitrogen functional groups attached to an aromatic ring is 1. The first-order chi connectivity index (χ1) is 10.1. The van der Waals surface area contributed by atoms with Crippen molar-refractivity contribution >= 4 is 48.9 Å². The van der Waals surface area contributed by atoms with Gasteiger partial charge in [0.05, 0.1) is 12.3 Å². The van der Waals surface area contributed by atoms with E-state index in [2.05, 4.69) is 21.2 Å². The zero-order valence-corrected chi connectivity index (χ0v) is 14.1. The van der Waals surface area contributed by atoms with E-state index in [0.29, 0.717) is 16.5 Å². The number of benzene rings is 1.